The lowest BCUT2D eigenvalue weighted by Crippen LogP contribution is -2.08. The van der Waals surface area contributed by atoms with Gasteiger partial charge in [0.25, 0.3) is 0 Å². The zero-order valence-corrected chi connectivity index (χ0v) is 13.4. The average Bonchev–Trinajstić information content (AvgIpc) is 3.08. The molecule has 1 aromatic heterocycles. The molecule has 0 aliphatic rings. The van der Waals surface area contributed by atoms with E-state index in [1.165, 1.54) is 17.3 Å². The van der Waals surface area contributed by atoms with Crippen LogP contribution in [0.3, 0.4) is 0 Å². The number of halogens is 1. The molecule has 2 aromatic carbocycles. The van der Waals surface area contributed by atoms with E-state index in [4.69, 9.17) is 4.74 Å². The highest BCUT2D eigenvalue weighted by molar-refractivity contribution is 9.10. The molecule has 3 aromatic rings. The summed E-state index contributed by atoms with van der Waals surface area (Å²) >= 11 is 3.32. The molecule has 1 heterocycles. The molecule has 0 amide bonds. The number of esters is 1. The van der Waals surface area contributed by atoms with Crippen molar-refractivity contribution >= 4 is 28.1 Å². The van der Waals surface area contributed by atoms with Crippen molar-refractivity contribution in [1.82, 2.24) is 14.9 Å². The summed E-state index contributed by atoms with van der Waals surface area (Å²) in [7, 11) is 0. The van der Waals surface area contributed by atoms with Gasteiger partial charge in [-0.15, -0.1) is 10.2 Å². The van der Waals surface area contributed by atoms with Crippen molar-refractivity contribution in [2.45, 2.75) is 0 Å². The van der Waals surface area contributed by atoms with Crippen molar-refractivity contribution in [1.29, 1.82) is 0 Å². The highest BCUT2D eigenvalue weighted by Gasteiger charge is 2.08. The number of rotatable bonds is 4. The van der Waals surface area contributed by atoms with E-state index >= 15 is 0 Å². The molecular weight excluding hydrogens is 360 g/mol. The van der Waals surface area contributed by atoms with E-state index in [9.17, 15) is 4.79 Å². The van der Waals surface area contributed by atoms with Crippen molar-refractivity contribution in [2.24, 2.45) is 5.10 Å². The molecule has 0 atom stereocenters. The monoisotopic (exact) mass is 370 g/mol. The van der Waals surface area contributed by atoms with Crippen LogP contribution < -0.4 is 4.74 Å². The van der Waals surface area contributed by atoms with Crippen LogP contribution in [0.4, 0.5) is 0 Å². The second-order valence-corrected chi connectivity index (χ2v) is 5.47. The molecule has 0 saturated heterocycles. The molecule has 0 unspecified atom stereocenters. The van der Waals surface area contributed by atoms with E-state index in [2.05, 4.69) is 31.2 Å². The van der Waals surface area contributed by atoms with Crippen LogP contribution in [0.5, 0.6) is 5.75 Å². The minimum Gasteiger partial charge on any atom is -0.423 e. The zero-order valence-electron chi connectivity index (χ0n) is 11.8. The molecule has 0 N–H and O–H groups in total. The van der Waals surface area contributed by atoms with E-state index in [0.717, 1.165) is 10.0 Å². The van der Waals surface area contributed by atoms with Crippen LogP contribution >= 0.6 is 15.9 Å². The SMILES string of the molecule is O=C(Oc1ccc(C=Nn2cnnc2)cc1)c1ccc(Br)cc1. The molecule has 23 heavy (non-hydrogen) atoms. The Morgan fingerprint density at radius 1 is 1.04 bits per heavy atom. The fourth-order valence-electron chi connectivity index (χ4n) is 1.76. The summed E-state index contributed by atoms with van der Waals surface area (Å²) in [6.07, 6.45) is 4.64. The normalized spacial score (nSPS) is 10.8. The van der Waals surface area contributed by atoms with E-state index in [-0.39, 0.29) is 0 Å². The van der Waals surface area contributed by atoms with Gasteiger partial charge >= 0.3 is 5.97 Å². The van der Waals surface area contributed by atoms with Crippen molar-refractivity contribution in [2.75, 3.05) is 0 Å². The third-order valence-corrected chi connectivity index (χ3v) is 3.45. The number of carbonyl (C=O) groups excluding carboxylic acids is 1. The second kappa shape index (κ2) is 6.97. The van der Waals surface area contributed by atoms with Gasteiger partial charge in [-0.05, 0) is 54.1 Å². The maximum Gasteiger partial charge on any atom is 0.343 e. The standard InChI is InChI=1S/C16H11BrN4O2/c17-14-5-3-13(4-6-14)16(22)23-15-7-1-12(2-8-15)9-20-21-10-18-19-11-21/h1-11H. The lowest BCUT2D eigenvalue weighted by Gasteiger charge is -2.04. The Kier molecular flexibility index (Phi) is 4.58. The number of carbonyl (C=O) groups is 1. The quantitative estimate of drug-likeness (QED) is 0.401. The lowest BCUT2D eigenvalue weighted by molar-refractivity contribution is 0.0735. The highest BCUT2D eigenvalue weighted by Crippen LogP contribution is 2.15. The van der Waals surface area contributed by atoms with Crippen molar-refractivity contribution in [3.8, 4) is 5.75 Å². The predicted molar refractivity (Wildman–Crippen MR) is 88.6 cm³/mol. The van der Waals surface area contributed by atoms with Gasteiger partial charge in [-0.25, -0.2) is 9.47 Å². The second-order valence-electron chi connectivity index (χ2n) is 4.55. The van der Waals surface area contributed by atoms with Crippen LogP contribution in [-0.4, -0.2) is 27.1 Å². The summed E-state index contributed by atoms with van der Waals surface area (Å²) in [6, 6.07) is 14.0. The summed E-state index contributed by atoms with van der Waals surface area (Å²) in [5.74, 6) is 0.0720. The maximum absolute atomic E-state index is 12.0. The molecule has 0 radical (unpaired) electrons. The Morgan fingerprint density at radius 2 is 1.70 bits per heavy atom. The topological polar surface area (TPSA) is 69.4 Å². The van der Waals surface area contributed by atoms with Crippen molar-refractivity contribution in [3.63, 3.8) is 0 Å². The Labute approximate surface area is 140 Å². The first kappa shape index (κ1) is 15.1. The van der Waals surface area contributed by atoms with Gasteiger partial charge < -0.3 is 4.74 Å². The van der Waals surface area contributed by atoms with E-state index < -0.39 is 5.97 Å². The molecule has 3 rings (SSSR count). The highest BCUT2D eigenvalue weighted by atomic mass is 79.9. The fourth-order valence-corrected chi connectivity index (χ4v) is 2.03. The van der Waals surface area contributed by atoms with E-state index in [1.807, 2.05) is 0 Å². The number of benzene rings is 2. The summed E-state index contributed by atoms with van der Waals surface area (Å²) in [5.41, 5.74) is 1.36. The molecule has 0 aliphatic heterocycles. The van der Waals surface area contributed by atoms with Gasteiger partial charge in [-0.2, -0.15) is 5.10 Å². The number of hydrogen-bond acceptors (Lipinski definition) is 5. The van der Waals surface area contributed by atoms with Crippen molar-refractivity contribution in [3.05, 3.63) is 76.8 Å². The number of ether oxygens (including phenoxy) is 1. The fraction of sp³-hybridized carbons (Fsp3) is 0. The molecule has 114 valence electrons. The molecule has 0 aliphatic carbocycles. The Hall–Kier alpha value is -2.80. The summed E-state index contributed by atoms with van der Waals surface area (Å²) < 4.78 is 7.72. The van der Waals surface area contributed by atoms with Crippen LogP contribution in [0.25, 0.3) is 0 Å². The van der Waals surface area contributed by atoms with Gasteiger partial charge in [0.2, 0.25) is 0 Å². The smallest absolute Gasteiger partial charge is 0.343 e. The van der Waals surface area contributed by atoms with Gasteiger partial charge in [0, 0.05) is 4.47 Å². The molecule has 7 heteroatoms. The van der Waals surface area contributed by atoms with Crippen LogP contribution in [-0.2, 0) is 0 Å². The molecule has 6 nitrogen and oxygen atoms in total. The molecule has 0 fully saturated rings. The first-order valence-electron chi connectivity index (χ1n) is 6.67. The third kappa shape index (κ3) is 4.10. The summed E-state index contributed by atoms with van der Waals surface area (Å²) in [6.45, 7) is 0. The summed E-state index contributed by atoms with van der Waals surface area (Å²) in [5, 5.41) is 11.4. The average molecular weight is 371 g/mol. The van der Waals surface area contributed by atoms with Crippen LogP contribution in [0, 0.1) is 0 Å². The largest absolute Gasteiger partial charge is 0.423 e. The minimum absolute atomic E-state index is 0.400. The van der Waals surface area contributed by atoms with Crippen LogP contribution in [0.2, 0.25) is 0 Å². The van der Waals surface area contributed by atoms with Gasteiger partial charge in [0.05, 0.1) is 11.8 Å². The molecule has 0 spiro atoms. The Balaban J connectivity index is 1.65. The number of aromatic nitrogens is 3. The van der Waals surface area contributed by atoms with Gasteiger partial charge in [0.15, 0.2) is 0 Å². The van der Waals surface area contributed by atoms with Gasteiger partial charge in [-0.3, -0.25) is 0 Å². The first-order chi connectivity index (χ1) is 11.2. The van der Waals surface area contributed by atoms with E-state index in [1.54, 1.807) is 54.7 Å². The predicted octanol–water partition coefficient (Wildman–Crippen LogP) is 3.14. The molecule has 0 saturated carbocycles. The lowest BCUT2D eigenvalue weighted by atomic mass is 10.2. The first-order valence-corrected chi connectivity index (χ1v) is 7.47. The van der Waals surface area contributed by atoms with Gasteiger partial charge in [-0.1, -0.05) is 15.9 Å². The maximum atomic E-state index is 12.0. The number of nitrogens with zero attached hydrogens (tertiary/aromatic N) is 4. The Bertz CT molecular complexity index is 812. The van der Waals surface area contributed by atoms with Crippen LogP contribution in [0.1, 0.15) is 15.9 Å². The van der Waals surface area contributed by atoms with Gasteiger partial charge in [0.1, 0.15) is 18.4 Å². The van der Waals surface area contributed by atoms with E-state index in [0.29, 0.717) is 11.3 Å². The number of hydrogen-bond donors (Lipinski definition) is 0. The molecule has 0 bridgehead atoms. The Morgan fingerprint density at radius 3 is 2.35 bits per heavy atom. The summed E-state index contributed by atoms with van der Waals surface area (Å²) in [4.78, 5) is 12.0. The zero-order chi connectivity index (χ0) is 16.1. The van der Waals surface area contributed by atoms with Crippen LogP contribution in [0.15, 0.2) is 70.8 Å². The third-order valence-electron chi connectivity index (χ3n) is 2.92. The van der Waals surface area contributed by atoms with Crippen molar-refractivity contribution < 1.29 is 9.53 Å². The minimum atomic E-state index is -0.400. The molecular formula is C16H11BrN4O2.